The Hall–Kier alpha value is -1.16. The van der Waals surface area contributed by atoms with Crippen LogP contribution in [0.4, 0.5) is 5.69 Å². The van der Waals surface area contributed by atoms with E-state index in [0.29, 0.717) is 6.54 Å². The molecule has 1 atom stereocenters. The SMILES string of the molecule is CSC(C)C(=O)NCc1ccc2c(c1)CCCN2C. The molecule has 1 aliphatic rings. The molecule has 1 unspecified atom stereocenters. The van der Waals surface area contributed by atoms with Gasteiger partial charge in [-0.05, 0) is 43.2 Å². The number of rotatable bonds is 4. The lowest BCUT2D eigenvalue weighted by Gasteiger charge is -2.27. The van der Waals surface area contributed by atoms with Crippen molar-refractivity contribution in [1.29, 1.82) is 0 Å². The van der Waals surface area contributed by atoms with Crippen molar-refractivity contribution in [2.45, 2.75) is 31.6 Å². The van der Waals surface area contributed by atoms with Gasteiger partial charge in [-0.25, -0.2) is 0 Å². The van der Waals surface area contributed by atoms with Gasteiger partial charge in [-0.3, -0.25) is 4.79 Å². The number of fused-ring (bicyclic) bond motifs is 1. The van der Waals surface area contributed by atoms with Gasteiger partial charge in [-0.2, -0.15) is 11.8 Å². The number of benzene rings is 1. The van der Waals surface area contributed by atoms with Crippen molar-refractivity contribution in [2.75, 3.05) is 24.7 Å². The van der Waals surface area contributed by atoms with Gasteiger partial charge in [0.2, 0.25) is 5.91 Å². The summed E-state index contributed by atoms with van der Waals surface area (Å²) in [7, 11) is 2.14. The topological polar surface area (TPSA) is 32.3 Å². The highest BCUT2D eigenvalue weighted by molar-refractivity contribution is 7.99. The van der Waals surface area contributed by atoms with Crippen LogP contribution in [-0.4, -0.2) is 31.0 Å². The van der Waals surface area contributed by atoms with Gasteiger partial charge < -0.3 is 10.2 Å². The molecule has 2 rings (SSSR count). The van der Waals surface area contributed by atoms with Crippen molar-refractivity contribution in [3.63, 3.8) is 0 Å². The molecule has 1 heterocycles. The highest BCUT2D eigenvalue weighted by atomic mass is 32.2. The fourth-order valence-corrected chi connectivity index (χ4v) is 2.69. The molecule has 1 aromatic rings. The van der Waals surface area contributed by atoms with Gasteiger partial charge in [0.25, 0.3) is 0 Å². The number of anilines is 1. The van der Waals surface area contributed by atoms with E-state index in [9.17, 15) is 4.79 Å². The number of nitrogens with one attached hydrogen (secondary N) is 1. The average molecular weight is 278 g/mol. The van der Waals surface area contributed by atoms with E-state index in [1.807, 2.05) is 13.2 Å². The number of carbonyl (C=O) groups is 1. The third-order valence-electron chi connectivity index (χ3n) is 3.68. The summed E-state index contributed by atoms with van der Waals surface area (Å²) in [6.45, 7) is 3.69. The van der Waals surface area contributed by atoms with Crippen LogP contribution < -0.4 is 10.2 Å². The maximum absolute atomic E-state index is 11.7. The number of aryl methyl sites for hydroxylation is 1. The second-order valence-corrected chi connectivity index (χ2v) is 6.26. The molecule has 1 aromatic carbocycles. The van der Waals surface area contributed by atoms with Crippen LogP contribution in [0.5, 0.6) is 0 Å². The lowest BCUT2D eigenvalue weighted by atomic mass is 9.99. The van der Waals surface area contributed by atoms with Crippen molar-refractivity contribution in [3.05, 3.63) is 29.3 Å². The molecule has 0 saturated heterocycles. The number of amides is 1. The molecule has 0 bridgehead atoms. The summed E-state index contributed by atoms with van der Waals surface area (Å²) < 4.78 is 0. The fraction of sp³-hybridized carbons (Fsp3) is 0.533. The Kier molecular flexibility index (Phi) is 4.75. The molecule has 1 aliphatic heterocycles. The zero-order valence-corrected chi connectivity index (χ0v) is 12.7. The van der Waals surface area contributed by atoms with E-state index in [4.69, 9.17) is 0 Å². The Morgan fingerprint density at radius 3 is 3.05 bits per heavy atom. The van der Waals surface area contributed by atoms with Crippen LogP contribution in [0.15, 0.2) is 18.2 Å². The maximum Gasteiger partial charge on any atom is 0.233 e. The minimum atomic E-state index is 0.0174. The molecule has 3 nitrogen and oxygen atoms in total. The summed E-state index contributed by atoms with van der Waals surface area (Å²) in [6, 6.07) is 6.52. The van der Waals surface area contributed by atoms with Gasteiger partial charge in [0.05, 0.1) is 5.25 Å². The number of nitrogens with zero attached hydrogens (tertiary/aromatic N) is 1. The molecular formula is C15H22N2OS. The highest BCUT2D eigenvalue weighted by Gasteiger charge is 2.14. The van der Waals surface area contributed by atoms with Crippen molar-refractivity contribution >= 4 is 23.4 Å². The Morgan fingerprint density at radius 2 is 2.32 bits per heavy atom. The van der Waals surface area contributed by atoms with Crippen LogP contribution in [0, 0.1) is 0 Å². The zero-order chi connectivity index (χ0) is 13.8. The second-order valence-electron chi connectivity index (χ2n) is 5.08. The van der Waals surface area contributed by atoms with E-state index in [-0.39, 0.29) is 11.2 Å². The van der Waals surface area contributed by atoms with Gasteiger partial charge in [0.15, 0.2) is 0 Å². The first kappa shape index (κ1) is 14.3. The number of hydrogen-bond acceptors (Lipinski definition) is 3. The van der Waals surface area contributed by atoms with E-state index in [2.05, 4.69) is 35.5 Å². The Labute approximate surface area is 119 Å². The van der Waals surface area contributed by atoms with E-state index in [0.717, 1.165) is 13.0 Å². The maximum atomic E-state index is 11.7. The first-order valence-electron chi connectivity index (χ1n) is 6.75. The zero-order valence-electron chi connectivity index (χ0n) is 11.9. The number of carbonyl (C=O) groups excluding carboxylic acids is 1. The van der Waals surface area contributed by atoms with Gasteiger partial charge >= 0.3 is 0 Å². The first-order chi connectivity index (χ1) is 9.11. The predicted molar refractivity (Wildman–Crippen MR) is 82.9 cm³/mol. The standard InChI is InChI=1S/C15H22N2OS/c1-11(19-3)15(18)16-10-12-6-7-14-13(9-12)5-4-8-17(14)2/h6-7,9,11H,4-5,8,10H2,1-3H3,(H,16,18). The van der Waals surface area contributed by atoms with Crippen LogP contribution in [0.25, 0.3) is 0 Å². The van der Waals surface area contributed by atoms with Gasteiger partial charge in [0, 0.05) is 25.8 Å². The van der Waals surface area contributed by atoms with Crippen LogP contribution in [0.1, 0.15) is 24.5 Å². The monoisotopic (exact) mass is 278 g/mol. The van der Waals surface area contributed by atoms with E-state index in [1.165, 1.54) is 23.2 Å². The third kappa shape index (κ3) is 3.44. The molecule has 0 aliphatic carbocycles. The minimum Gasteiger partial charge on any atom is -0.374 e. The Balaban J connectivity index is 2.01. The third-order valence-corrected chi connectivity index (χ3v) is 4.61. The lowest BCUT2D eigenvalue weighted by Crippen LogP contribution is -2.30. The molecule has 19 heavy (non-hydrogen) atoms. The summed E-state index contributed by atoms with van der Waals surface area (Å²) in [5, 5.41) is 3.01. The van der Waals surface area contributed by atoms with Crippen molar-refractivity contribution in [3.8, 4) is 0 Å². The molecule has 4 heteroatoms. The highest BCUT2D eigenvalue weighted by Crippen LogP contribution is 2.26. The predicted octanol–water partition coefficient (Wildman–Crippen LogP) is 2.44. The van der Waals surface area contributed by atoms with Crippen LogP contribution >= 0.6 is 11.8 Å². The fourth-order valence-electron chi connectivity index (χ4n) is 2.39. The minimum absolute atomic E-state index is 0.0174. The van der Waals surface area contributed by atoms with Crippen molar-refractivity contribution in [1.82, 2.24) is 5.32 Å². The second kappa shape index (κ2) is 6.33. The van der Waals surface area contributed by atoms with Crippen LogP contribution in [0.3, 0.4) is 0 Å². The summed E-state index contributed by atoms with van der Waals surface area (Å²) in [4.78, 5) is 14.1. The van der Waals surface area contributed by atoms with Crippen LogP contribution in [0.2, 0.25) is 0 Å². The molecule has 104 valence electrons. The first-order valence-corrected chi connectivity index (χ1v) is 8.04. The van der Waals surface area contributed by atoms with Gasteiger partial charge in [-0.1, -0.05) is 12.1 Å². The largest absolute Gasteiger partial charge is 0.374 e. The van der Waals surface area contributed by atoms with Gasteiger partial charge in [-0.15, -0.1) is 0 Å². The number of hydrogen-bond donors (Lipinski definition) is 1. The van der Waals surface area contributed by atoms with Crippen LogP contribution in [-0.2, 0) is 17.8 Å². The summed E-state index contributed by atoms with van der Waals surface area (Å²) in [5.74, 6) is 0.113. The summed E-state index contributed by atoms with van der Waals surface area (Å²) >= 11 is 1.57. The molecule has 0 aromatic heterocycles. The van der Waals surface area contributed by atoms with E-state index in [1.54, 1.807) is 11.8 Å². The van der Waals surface area contributed by atoms with Gasteiger partial charge in [0.1, 0.15) is 0 Å². The molecule has 0 saturated carbocycles. The molecule has 0 radical (unpaired) electrons. The summed E-state index contributed by atoms with van der Waals surface area (Å²) in [5.41, 5.74) is 3.92. The van der Waals surface area contributed by atoms with E-state index < -0.39 is 0 Å². The molecule has 0 fully saturated rings. The smallest absolute Gasteiger partial charge is 0.233 e. The lowest BCUT2D eigenvalue weighted by molar-refractivity contribution is -0.120. The molecule has 0 spiro atoms. The van der Waals surface area contributed by atoms with Crippen molar-refractivity contribution in [2.24, 2.45) is 0 Å². The quantitative estimate of drug-likeness (QED) is 0.918. The van der Waals surface area contributed by atoms with Crippen molar-refractivity contribution < 1.29 is 4.79 Å². The van der Waals surface area contributed by atoms with E-state index >= 15 is 0 Å². The normalized spacial score (nSPS) is 15.8. The Morgan fingerprint density at radius 1 is 1.53 bits per heavy atom. The Bertz CT molecular complexity index is 461. The average Bonchev–Trinajstić information content (AvgIpc) is 2.44. The molecule has 1 N–H and O–H groups in total. The molecule has 1 amide bonds. The number of thioether (sulfide) groups is 1. The summed E-state index contributed by atoms with van der Waals surface area (Å²) in [6.07, 6.45) is 4.31. The molecular weight excluding hydrogens is 256 g/mol.